The van der Waals surface area contributed by atoms with Crippen molar-refractivity contribution in [1.29, 1.82) is 5.26 Å². The Bertz CT molecular complexity index is 1150. The fourth-order valence-electron chi connectivity index (χ4n) is 3.12. The number of aromatic nitrogens is 1. The number of ether oxygens (including phenoxy) is 1. The van der Waals surface area contributed by atoms with E-state index < -0.39 is 0 Å². The zero-order valence-electron chi connectivity index (χ0n) is 13.6. The first-order valence-corrected chi connectivity index (χ1v) is 7.85. The number of fused-ring (bicyclic) bond motifs is 3. The van der Waals surface area contributed by atoms with Gasteiger partial charge >= 0.3 is 0 Å². The van der Waals surface area contributed by atoms with Crippen LogP contribution in [0, 0.1) is 11.3 Å². The molecule has 25 heavy (non-hydrogen) atoms. The number of benzene rings is 3. The maximum Gasteiger partial charge on any atom is 0.262 e. The number of para-hydroxylation sites is 1. The molecule has 1 aromatic heterocycles. The van der Waals surface area contributed by atoms with Crippen LogP contribution in [0.4, 0.5) is 0 Å². The Hall–Kier alpha value is -3.58. The van der Waals surface area contributed by atoms with Gasteiger partial charge in [0.25, 0.3) is 5.91 Å². The maximum absolute atomic E-state index is 13.1. The molecule has 4 nitrogen and oxygen atoms in total. The second-order valence-corrected chi connectivity index (χ2v) is 5.73. The summed E-state index contributed by atoms with van der Waals surface area (Å²) in [5.41, 5.74) is 2.77. The maximum atomic E-state index is 13.1. The summed E-state index contributed by atoms with van der Waals surface area (Å²) in [6.07, 6.45) is 0. The third-order valence-electron chi connectivity index (χ3n) is 4.34. The van der Waals surface area contributed by atoms with Gasteiger partial charge in [-0.3, -0.25) is 9.36 Å². The highest BCUT2D eigenvalue weighted by Gasteiger charge is 2.17. The fourth-order valence-corrected chi connectivity index (χ4v) is 3.12. The standard InChI is InChI=1S/C21H14N2O2/c1-25-16-9-7-15(8-10-16)21(24)23-19-5-3-2-4-17(19)18-12-14(13-22)6-11-20(18)23/h2-12H,1H3. The smallest absolute Gasteiger partial charge is 0.262 e. The van der Waals surface area contributed by atoms with E-state index in [1.165, 1.54) is 0 Å². The Morgan fingerprint density at radius 1 is 0.960 bits per heavy atom. The minimum absolute atomic E-state index is 0.112. The lowest BCUT2D eigenvalue weighted by Crippen LogP contribution is -2.11. The molecule has 1 heterocycles. The quantitative estimate of drug-likeness (QED) is 0.550. The lowest BCUT2D eigenvalue weighted by molar-refractivity contribution is 0.0969. The van der Waals surface area contributed by atoms with Gasteiger partial charge in [-0.05, 0) is 48.5 Å². The van der Waals surface area contributed by atoms with Crippen molar-refractivity contribution in [3.05, 3.63) is 77.9 Å². The molecule has 0 N–H and O–H groups in total. The molecule has 0 aliphatic heterocycles. The second kappa shape index (κ2) is 5.81. The van der Waals surface area contributed by atoms with Crippen LogP contribution in [0.5, 0.6) is 5.75 Å². The molecular weight excluding hydrogens is 312 g/mol. The van der Waals surface area contributed by atoms with Gasteiger partial charge in [-0.2, -0.15) is 5.26 Å². The third kappa shape index (κ3) is 2.34. The van der Waals surface area contributed by atoms with Crippen LogP contribution < -0.4 is 4.74 Å². The number of carbonyl (C=O) groups is 1. The molecule has 4 heteroatoms. The van der Waals surface area contributed by atoms with E-state index in [1.54, 1.807) is 42.0 Å². The molecule has 0 unspecified atom stereocenters. The van der Waals surface area contributed by atoms with Crippen molar-refractivity contribution in [2.45, 2.75) is 0 Å². The minimum Gasteiger partial charge on any atom is -0.497 e. The molecule has 0 amide bonds. The van der Waals surface area contributed by atoms with Gasteiger partial charge in [-0.1, -0.05) is 18.2 Å². The van der Waals surface area contributed by atoms with Gasteiger partial charge in [0.05, 0.1) is 29.8 Å². The highest BCUT2D eigenvalue weighted by atomic mass is 16.5. The van der Waals surface area contributed by atoms with Crippen molar-refractivity contribution < 1.29 is 9.53 Å². The highest BCUT2D eigenvalue weighted by molar-refractivity contribution is 6.16. The number of nitriles is 1. The summed E-state index contributed by atoms with van der Waals surface area (Å²) in [7, 11) is 1.59. The van der Waals surface area contributed by atoms with E-state index in [0.29, 0.717) is 16.9 Å². The number of methoxy groups -OCH3 is 1. The molecule has 0 saturated heterocycles. The largest absolute Gasteiger partial charge is 0.497 e. The van der Waals surface area contributed by atoms with Gasteiger partial charge in [-0.25, -0.2) is 0 Å². The Kier molecular flexibility index (Phi) is 3.48. The second-order valence-electron chi connectivity index (χ2n) is 5.73. The van der Waals surface area contributed by atoms with Crippen LogP contribution in [0.1, 0.15) is 15.9 Å². The molecule has 4 rings (SSSR count). The first-order chi connectivity index (χ1) is 12.2. The van der Waals surface area contributed by atoms with E-state index in [2.05, 4.69) is 6.07 Å². The Morgan fingerprint density at radius 2 is 1.68 bits per heavy atom. The summed E-state index contributed by atoms with van der Waals surface area (Å²) in [6, 6.07) is 22.3. The SMILES string of the molecule is COc1ccc(C(=O)n2c3ccccc3c3cc(C#N)ccc32)cc1. The normalized spacial score (nSPS) is 10.7. The Labute approximate surface area is 144 Å². The number of hydrogen-bond acceptors (Lipinski definition) is 3. The molecule has 4 aromatic rings. The van der Waals surface area contributed by atoms with E-state index in [1.807, 2.05) is 36.4 Å². The monoisotopic (exact) mass is 326 g/mol. The van der Waals surface area contributed by atoms with Crippen LogP contribution >= 0.6 is 0 Å². The van der Waals surface area contributed by atoms with E-state index in [9.17, 15) is 10.1 Å². The van der Waals surface area contributed by atoms with Crippen LogP contribution in [0.2, 0.25) is 0 Å². The summed E-state index contributed by atoms with van der Waals surface area (Å²) < 4.78 is 6.86. The van der Waals surface area contributed by atoms with Gasteiger partial charge in [0.15, 0.2) is 0 Å². The van der Waals surface area contributed by atoms with Crippen LogP contribution in [0.25, 0.3) is 21.8 Å². The molecule has 0 atom stereocenters. The Balaban J connectivity index is 1.98. The van der Waals surface area contributed by atoms with Crippen molar-refractivity contribution in [2.75, 3.05) is 7.11 Å². The summed E-state index contributed by atoms with van der Waals surface area (Å²) in [5.74, 6) is 0.594. The van der Waals surface area contributed by atoms with Crippen molar-refractivity contribution >= 4 is 27.7 Å². The lowest BCUT2D eigenvalue weighted by Gasteiger charge is -2.07. The Morgan fingerprint density at radius 3 is 2.40 bits per heavy atom. The average molecular weight is 326 g/mol. The zero-order valence-corrected chi connectivity index (χ0v) is 13.6. The zero-order chi connectivity index (χ0) is 17.4. The predicted octanol–water partition coefficient (Wildman–Crippen LogP) is 4.36. The molecule has 0 fully saturated rings. The van der Waals surface area contributed by atoms with Gasteiger partial charge in [0.2, 0.25) is 0 Å². The van der Waals surface area contributed by atoms with E-state index in [-0.39, 0.29) is 5.91 Å². The topological polar surface area (TPSA) is 55.0 Å². The molecule has 3 aromatic carbocycles. The first-order valence-electron chi connectivity index (χ1n) is 7.85. The van der Waals surface area contributed by atoms with Gasteiger partial charge in [0.1, 0.15) is 5.75 Å². The van der Waals surface area contributed by atoms with Gasteiger partial charge in [-0.15, -0.1) is 0 Å². The lowest BCUT2D eigenvalue weighted by atomic mass is 10.1. The van der Waals surface area contributed by atoms with E-state index in [0.717, 1.165) is 21.8 Å². The molecule has 0 radical (unpaired) electrons. The minimum atomic E-state index is -0.112. The summed E-state index contributed by atoms with van der Waals surface area (Å²) in [4.78, 5) is 13.1. The van der Waals surface area contributed by atoms with Gasteiger partial charge < -0.3 is 4.74 Å². The summed E-state index contributed by atoms with van der Waals surface area (Å²) >= 11 is 0. The van der Waals surface area contributed by atoms with Crippen molar-refractivity contribution in [3.8, 4) is 11.8 Å². The van der Waals surface area contributed by atoms with Crippen LogP contribution in [-0.4, -0.2) is 17.6 Å². The predicted molar refractivity (Wildman–Crippen MR) is 96.9 cm³/mol. The molecule has 120 valence electrons. The molecule has 0 aliphatic rings. The highest BCUT2D eigenvalue weighted by Crippen LogP contribution is 2.30. The first kappa shape index (κ1) is 15.0. The summed E-state index contributed by atoms with van der Waals surface area (Å²) in [5, 5.41) is 11.0. The molecule has 0 saturated carbocycles. The van der Waals surface area contributed by atoms with E-state index in [4.69, 9.17) is 4.74 Å². The van der Waals surface area contributed by atoms with E-state index >= 15 is 0 Å². The number of rotatable bonds is 2. The van der Waals surface area contributed by atoms with Crippen LogP contribution in [-0.2, 0) is 0 Å². The van der Waals surface area contributed by atoms with Crippen molar-refractivity contribution in [2.24, 2.45) is 0 Å². The third-order valence-corrected chi connectivity index (χ3v) is 4.34. The fraction of sp³-hybridized carbons (Fsp3) is 0.0476. The van der Waals surface area contributed by atoms with Crippen molar-refractivity contribution in [1.82, 2.24) is 4.57 Å². The average Bonchev–Trinajstić information content (AvgIpc) is 3.01. The van der Waals surface area contributed by atoms with Crippen LogP contribution in [0.15, 0.2) is 66.7 Å². The van der Waals surface area contributed by atoms with Crippen molar-refractivity contribution in [3.63, 3.8) is 0 Å². The van der Waals surface area contributed by atoms with Gasteiger partial charge in [0, 0.05) is 16.3 Å². The molecular formula is C21H14N2O2. The number of nitrogens with zero attached hydrogens (tertiary/aromatic N) is 2. The number of hydrogen-bond donors (Lipinski definition) is 0. The molecule has 0 spiro atoms. The van der Waals surface area contributed by atoms with Crippen LogP contribution in [0.3, 0.4) is 0 Å². The summed E-state index contributed by atoms with van der Waals surface area (Å²) in [6.45, 7) is 0. The molecule has 0 aliphatic carbocycles. The number of carbonyl (C=O) groups excluding carboxylic acids is 1. The molecule has 0 bridgehead atoms.